The summed E-state index contributed by atoms with van der Waals surface area (Å²) in [4.78, 5) is 12.7. The van der Waals surface area contributed by atoms with Crippen molar-refractivity contribution in [3.8, 4) is 11.9 Å². The smallest absolute Gasteiger partial charge is 0.262 e. The van der Waals surface area contributed by atoms with Gasteiger partial charge in [0, 0.05) is 23.5 Å². The standard InChI is InChI=1S/C24H27N5O/c1-16(2)29-23(11-12-26-29)28-17(3)13-21(19(28)5)14-22(15-25)24(30)27-18(4)20-9-7-6-8-10-20/h6-14,16,18H,1-5H3,(H,27,30)/b22-14+/t18-/m0/s1. The first-order valence-electron chi connectivity index (χ1n) is 10.0. The van der Waals surface area contributed by atoms with Gasteiger partial charge in [-0.2, -0.15) is 10.4 Å². The highest BCUT2D eigenvalue weighted by Crippen LogP contribution is 2.24. The van der Waals surface area contributed by atoms with Crippen LogP contribution in [-0.4, -0.2) is 20.3 Å². The fourth-order valence-electron chi connectivity index (χ4n) is 3.57. The van der Waals surface area contributed by atoms with E-state index >= 15 is 0 Å². The lowest BCUT2D eigenvalue weighted by atomic mass is 10.1. The van der Waals surface area contributed by atoms with E-state index in [1.54, 1.807) is 12.3 Å². The van der Waals surface area contributed by atoms with E-state index in [4.69, 9.17) is 0 Å². The van der Waals surface area contributed by atoms with Gasteiger partial charge in [-0.05, 0) is 57.9 Å². The van der Waals surface area contributed by atoms with E-state index < -0.39 is 0 Å². The number of nitrogens with zero attached hydrogens (tertiary/aromatic N) is 4. The van der Waals surface area contributed by atoms with Gasteiger partial charge in [-0.25, -0.2) is 4.68 Å². The van der Waals surface area contributed by atoms with Crippen molar-refractivity contribution in [2.75, 3.05) is 0 Å². The Hall–Kier alpha value is -3.59. The number of aromatic nitrogens is 3. The van der Waals surface area contributed by atoms with Gasteiger partial charge in [0.25, 0.3) is 5.91 Å². The molecule has 1 amide bonds. The van der Waals surface area contributed by atoms with Crippen molar-refractivity contribution in [2.45, 2.75) is 46.7 Å². The lowest BCUT2D eigenvalue weighted by Gasteiger charge is -2.15. The van der Waals surface area contributed by atoms with Crippen molar-refractivity contribution in [2.24, 2.45) is 0 Å². The van der Waals surface area contributed by atoms with E-state index in [1.165, 1.54) is 0 Å². The zero-order valence-electron chi connectivity index (χ0n) is 18.0. The van der Waals surface area contributed by atoms with Crippen LogP contribution in [0.3, 0.4) is 0 Å². The van der Waals surface area contributed by atoms with Crippen LogP contribution in [0.5, 0.6) is 0 Å². The molecule has 2 heterocycles. The molecule has 0 aliphatic heterocycles. The molecule has 0 fully saturated rings. The quantitative estimate of drug-likeness (QED) is 0.482. The molecule has 0 aliphatic carbocycles. The number of hydrogen-bond acceptors (Lipinski definition) is 3. The summed E-state index contributed by atoms with van der Waals surface area (Å²) in [5, 5.41) is 16.9. The molecule has 6 nitrogen and oxygen atoms in total. The number of benzene rings is 1. The fourth-order valence-corrected chi connectivity index (χ4v) is 3.57. The minimum Gasteiger partial charge on any atom is -0.345 e. The van der Waals surface area contributed by atoms with Gasteiger partial charge in [0.05, 0.1) is 12.2 Å². The Morgan fingerprint density at radius 1 is 1.17 bits per heavy atom. The van der Waals surface area contributed by atoms with Crippen LogP contribution < -0.4 is 5.32 Å². The summed E-state index contributed by atoms with van der Waals surface area (Å²) in [5.41, 5.74) is 3.87. The highest BCUT2D eigenvalue weighted by Gasteiger charge is 2.18. The molecular formula is C24H27N5O. The van der Waals surface area contributed by atoms with Crippen molar-refractivity contribution in [3.63, 3.8) is 0 Å². The zero-order chi connectivity index (χ0) is 21.8. The number of carbonyl (C=O) groups is 1. The van der Waals surface area contributed by atoms with Crippen molar-refractivity contribution in [1.29, 1.82) is 5.26 Å². The van der Waals surface area contributed by atoms with E-state index in [-0.39, 0.29) is 23.6 Å². The Balaban J connectivity index is 1.91. The van der Waals surface area contributed by atoms with Gasteiger partial charge in [0.1, 0.15) is 17.5 Å². The number of amides is 1. The second kappa shape index (κ2) is 8.83. The van der Waals surface area contributed by atoms with Crippen LogP contribution in [0.15, 0.2) is 54.2 Å². The van der Waals surface area contributed by atoms with Crippen molar-refractivity contribution in [3.05, 3.63) is 76.7 Å². The summed E-state index contributed by atoms with van der Waals surface area (Å²) in [7, 11) is 0. The van der Waals surface area contributed by atoms with Crippen LogP contribution in [0.2, 0.25) is 0 Å². The van der Waals surface area contributed by atoms with Crippen LogP contribution in [0, 0.1) is 25.2 Å². The van der Waals surface area contributed by atoms with Gasteiger partial charge in [0.15, 0.2) is 0 Å². The molecule has 1 atom stereocenters. The molecule has 3 aromatic rings. The molecule has 1 N–H and O–H groups in total. The summed E-state index contributed by atoms with van der Waals surface area (Å²) in [6.45, 7) is 10.1. The number of nitriles is 1. The Morgan fingerprint density at radius 3 is 2.50 bits per heavy atom. The first kappa shape index (κ1) is 21.1. The van der Waals surface area contributed by atoms with Crippen LogP contribution in [0.1, 0.15) is 55.4 Å². The maximum atomic E-state index is 12.7. The molecule has 0 aliphatic rings. The Kier molecular flexibility index (Phi) is 6.22. The summed E-state index contributed by atoms with van der Waals surface area (Å²) < 4.78 is 4.05. The predicted octanol–water partition coefficient (Wildman–Crippen LogP) is 4.66. The Bertz CT molecular complexity index is 1110. The van der Waals surface area contributed by atoms with Gasteiger partial charge in [0.2, 0.25) is 0 Å². The first-order chi connectivity index (χ1) is 14.3. The highest BCUT2D eigenvalue weighted by atomic mass is 16.1. The lowest BCUT2D eigenvalue weighted by Crippen LogP contribution is -2.27. The van der Waals surface area contributed by atoms with E-state index in [0.29, 0.717) is 0 Å². The van der Waals surface area contributed by atoms with E-state index in [0.717, 1.165) is 28.3 Å². The second-order valence-corrected chi connectivity index (χ2v) is 7.67. The molecule has 0 saturated heterocycles. The first-order valence-corrected chi connectivity index (χ1v) is 10.0. The van der Waals surface area contributed by atoms with Gasteiger partial charge in [-0.15, -0.1) is 0 Å². The van der Waals surface area contributed by atoms with Crippen LogP contribution in [0.25, 0.3) is 11.9 Å². The summed E-state index contributed by atoms with van der Waals surface area (Å²) in [5.74, 6) is 0.575. The maximum absolute atomic E-state index is 12.7. The third-order valence-electron chi connectivity index (χ3n) is 5.15. The van der Waals surface area contributed by atoms with Crippen molar-refractivity contribution in [1.82, 2.24) is 19.7 Å². The van der Waals surface area contributed by atoms with E-state index in [1.807, 2.05) is 74.0 Å². The summed E-state index contributed by atoms with van der Waals surface area (Å²) in [6.07, 6.45) is 3.44. The van der Waals surface area contributed by atoms with Gasteiger partial charge < -0.3 is 9.88 Å². The number of aryl methyl sites for hydroxylation is 1. The SMILES string of the molecule is Cc1cc(/C=C(\C#N)C(=O)N[C@@H](C)c2ccccc2)c(C)n1-c1ccnn1C(C)C. The molecule has 0 unspecified atom stereocenters. The lowest BCUT2D eigenvalue weighted by molar-refractivity contribution is -0.117. The molecule has 1 aromatic carbocycles. The highest BCUT2D eigenvalue weighted by molar-refractivity contribution is 6.02. The molecule has 154 valence electrons. The Morgan fingerprint density at radius 2 is 1.87 bits per heavy atom. The molecule has 0 saturated carbocycles. The summed E-state index contributed by atoms with van der Waals surface area (Å²) >= 11 is 0. The minimum atomic E-state index is -0.383. The van der Waals surface area contributed by atoms with Crippen LogP contribution >= 0.6 is 0 Å². The second-order valence-electron chi connectivity index (χ2n) is 7.67. The summed E-state index contributed by atoms with van der Waals surface area (Å²) in [6, 6.07) is 15.7. The van der Waals surface area contributed by atoms with Crippen molar-refractivity contribution >= 4 is 12.0 Å². The number of carbonyl (C=O) groups excluding carboxylic acids is 1. The Labute approximate surface area is 177 Å². The average molecular weight is 402 g/mol. The molecule has 30 heavy (non-hydrogen) atoms. The molecule has 0 radical (unpaired) electrons. The third-order valence-corrected chi connectivity index (χ3v) is 5.15. The monoisotopic (exact) mass is 401 g/mol. The molecule has 6 heteroatoms. The minimum absolute atomic E-state index is 0.0791. The van der Waals surface area contributed by atoms with Crippen LogP contribution in [0.4, 0.5) is 0 Å². The van der Waals surface area contributed by atoms with Gasteiger partial charge in [-0.1, -0.05) is 30.3 Å². The molecule has 2 aromatic heterocycles. The van der Waals surface area contributed by atoms with Gasteiger partial charge >= 0.3 is 0 Å². The fraction of sp³-hybridized carbons (Fsp3) is 0.292. The van der Waals surface area contributed by atoms with Crippen LogP contribution in [-0.2, 0) is 4.79 Å². The number of rotatable bonds is 6. The van der Waals surface area contributed by atoms with Crippen molar-refractivity contribution < 1.29 is 4.79 Å². The van der Waals surface area contributed by atoms with Gasteiger partial charge in [-0.3, -0.25) is 4.79 Å². The number of nitrogens with one attached hydrogen (secondary N) is 1. The largest absolute Gasteiger partial charge is 0.345 e. The average Bonchev–Trinajstić information content (AvgIpc) is 3.30. The molecule has 0 spiro atoms. The molecule has 3 rings (SSSR count). The molecule has 0 bridgehead atoms. The molecular weight excluding hydrogens is 374 g/mol. The number of hydrogen-bond donors (Lipinski definition) is 1. The van der Waals surface area contributed by atoms with E-state index in [9.17, 15) is 10.1 Å². The maximum Gasteiger partial charge on any atom is 0.262 e. The predicted molar refractivity (Wildman–Crippen MR) is 118 cm³/mol. The normalized spacial score (nSPS) is 12.6. The third kappa shape index (κ3) is 4.20. The topological polar surface area (TPSA) is 75.6 Å². The van der Waals surface area contributed by atoms with E-state index in [2.05, 4.69) is 28.8 Å². The zero-order valence-corrected chi connectivity index (χ0v) is 18.0.